The fraction of sp³-hybridized carbons (Fsp3) is 0.100. The van der Waals surface area contributed by atoms with Crippen LogP contribution in [0.5, 0.6) is 11.5 Å². The van der Waals surface area contributed by atoms with Crippen LogP contribution < -0.4 is 19.7 Å². The molecule has 0 spiro atoms. The van der Waals surface area contributed by atoms with Gasteiger partial charge in [-0.3, -0.25) is 19.8 Å². The summed E-state index contributed by atoms with van der Waals surface area (Å²) in [5.74, 6) is -1.32. The van der Waals surface area contributed by atoms with E-state index in [1.807, 2.05) is 6.92 Å². The van der Waals surface area contributed by atoms with E-state index in [0.717, 1.165) is 10.5 Å². The highest BCUT2D eigenvalue weighted by Crippen LogP contribution is 2.35. The number of benzene rings is 2. The topological polar surface area (TPSA) is 105 Å². The maximum absolute atomic E-state index is 13.1. The summed E-state index contributed by atoms with van der Waals surface area (Å²) < 4.78 is 10.7. The first kappa shape index (κ1) is 18.6. The van der Waals surface area contributed by atoms with Crippen molar-refractivity contribution in [2.45, 2.75) is 6.92 Å². The Labute approximate surface area is 170 Å². The van der Waals surface area contributed by atoms with Crippen molar-refractivity contribution in [1.82, 2.24) is 5.32 Å². The van der Waals surface area contributed by atoms with Crippen LogP contribution in [0.15, 0.2) is 42.0 Å². The predicted molar refractivity (Wildman–Crippen MR) is 107 cm³/mol. The van der Waals surface area contributed by atoms with Gasteiger partial charge in [0.15, 0.2) is 16.6 Å². The van der Waals surface area contributed by atoms with Gasteiger partial charge in [-0.2, -0.15) is 0 Å². The Kier molecular flexibility index (Phi) is 4.51. The summed E-state index contributed by atoms with van der Waals surface area (Å²) in [6.07, 6.45) is 1.45. The highest BCUT2D eigenvalue weighted by molar-refractivity contribution is 7.80. The number of thiocarbonyl (C=S) groups is 1. The quantitative estimate of drug-likeness (QED) is 0.454. The first-order chi connectivity index (χ1) is 13.8. The number of rotatable bonds is 3. The van der Waals surface area contributed by atoms with Gasteiger partial charge in [-0.25, -0.2) is 4.79 Å². The third-order valence-electron chi connectivity index (χ3n) is 4.51. The predicted octanol–water partition coefficient (Wildman–Crippen LogP) is 2.25. The number of amides is 2. The second-order valence-electron chi connectivity index (χ2n) is 6.38. The summed E-state index contributed by atoms with van der Waals surface area (Å²) >= 11 is 5.14. The summed E-state index contributed by atoms with van der Waals surface area (Å²) in [7, 11) is 0. The first-order valence-corrected chi connectivity index (χ1v) is 8.91. The molecule has 8 nitrogen and oxygen atoms in total. The summed E-state index contributed by atoms with van der Waals surface area (Å²) in [6.45, 7) is 1.93. The van der Waals surface area contributed by atoms with E-state index in [4.69, 9.17) is 21.7 Å². The van der Waals surface area contributed by atoms with Crippen molar-refractivity contribution in [3.8, 4) is 11.5 Å². The van der Waals surface area contributed by atoms with E-state index in [1.165, 1.54) is 30.3 Å². The standard InChI is InChI=1S/C20H14N2O6S/c1-10-5-15-16(28-9-27-15)8-12(10)7-14-17(23)21-20(29)22(18(14)24)13-4-2-3-11(6-13)19(25)26/h2-8H,9H2,1H3,(H,25,26)(H,21,23,29). The molecule has 9 heteroatoms. The summed E-state index contributed by atoms with van der Waals surface area (Å²) in [5.41, 5.74) is 1.50. The number of anilines is 1. The fourth-order valence-electron chi connectivity index (χ4n) is 3.04. The molecule has 4 rings (SSSR count). The minimum absolute atomic E-state index is 0.00727. The number of carbonyl (C=O) groups excluding carboxylic acids is 2. The Balaban J connectivity index is 1.75. The molecule has 2 aromatic carbocycles. The van der Waals surface area contributed by atoms with Gasteiger partial charge in [0.2, 0.25) is 6.79 Å². The van der Waals surface area contributed by atoms with Gasteiger partial charge in [-0.15, -0.1) is 0 Å². The van der Waals surface area contributed by atoms with Crippen LogP contribution in [0.2, 0.25) is 0 Å². The van der Waals surface area contributed by atoms with Gasteiger partial charge < -0.3 is 14.6 Å². The zero-order valence-electron chi connectivity index (χ0n) is 15.1. The number of hydrogen-bond acceptors (Lipinski definition) is 6. The van der Waals surface area contributed by atoms with Crippen molar-refractivity contribution in [3.63, 3.8) is 0 Å². The fourth-order valence-corrected chi connectivity index (χ4v) is 3.32. The average molecular weight is 410 g/mol. The molecule has 2 amide bonds. The van der Waals surface area contributed by atoms with E-state index in [1.54, 1.807) is 12.1 Å². The lowest BCUT2D eigenvalue weighted by atomic mass is 10.0. The molecular formula is C20H14N2O6S. The van der Waals surface area contributed by atoms with Gasteiger partial charge in [0.1, 0.15) is 5.57 Å². The highest BCUT2D eigenvalue weighted by atomic mass is 32.1. The van der Waals surface area contributed by atoms with Gasteiger partial charge in [0.05, 0.1) is 11.3 Å². The molecule has 2 aliphatic rings. The number of carboxylic acid groups (broad SMARTS) is 1. The van der Waals surface area contributed by atoms with Gasteiger partial charge in [0, 0.05) is 0 Å². The number of aromatic carboxylic acids is 1. The Morgan fingerprint density at radius 1 is 1.21 bits per heavy atom. The Hall–Kier alpha value is -3.72. The minimum atomic E-state index is -1.14. The largest absolute Gasteiger partial charge is 0.478 e. The molecule has 0 atom stereocenters. The van der Waals surface area contributed by atoms with Crippen LogP contribution in [-0.2, 0) is 9.59 Å². The molecule has 1 fully saturated rings. The molecule has 2 aliphatic heterocycles. The third-order valence-corrected chi connectivity index (χ3v) is 4.80. The number of carbonyl (C=O) groups is 3. The highest BCUT2D eigenvalue weighted by Gasteiger charge is 2.35. The van der Waals surface area contributed by atoms with Gasteiger partial charge in [0.25, 0.3) is 11.8 Å². The number of aryl methyl sites for hydroxylation is 1. The van der Waals surface area contributed by atoms with Crippen molar-refractivity contribution in [2.24, 2.45) is 0 Å². The molecule has 29 heavy (non-hydrogen) atoms. The summed E-state index contributed by atoms with van der Waals surface area (Å²) in [6, 6.07) is 9.20. The molecule has 0 radical (unpaired) electrons. The molecule has 2 heterocycles. The van der Waals surface area contributed by atoms with E-state index in [-0.39, 0.29) is 28.7 Å². The van der Waals surface area contributed by atoms with Crippen molar-refractivity contribution in [1.29, 1.82) is 0 Å². The van der Waals surface area contributed by atoms with E-state index in [0.29, 0.717) is 17.1 Å². The number of ether oxygens (including phenoxy) is 2. The van der Waals surface area contributed by atoms with Crippen molar-refractivity contribution >= 4 is 46.9 Å². The number of fused-ring (bicyclic) bond motifs is 1. The molecule has 0 aliphatic carbocycles. The van der Waals surface area contributed by atoms with E-state index in [2.05, 4.69) is 5.32 Å². The van der Waals surface area contributed by atoms with Crippen LogP contribution in [0.1, 0.15) is 21.5 Å². The van der Waals surface area contributed by atoms with Crippen LogP contribution in [0, 0.1) is 6.92 Å². The van der Waals surface area contributed by atoms with Gasteiger partial charge >= 0.3 is 5.97 Å². The van der Waals surface area contributed by atoms with Crippen LogP contribution in [0.4, 0.5) is 5.69 Å². The normalized spacial score (nSPS) is 16.9. The SMILES string of the molecule is Cc1cc2c(cc1C=C1C(=O)NC(=S)N(c3cccc(C(=O)O)c3)C1=O)OCO2. The lowest BCUT2D eigenvalue weighted by Gasteiger charge is -2.29. The third kappa shape index (κ3) is 3.32. The second-order valence-corrected chi connectivity index (χ2v) is 6.76. The van der Waals surface area contributed by atoms with E-state index < -0.39 is 17.8 Å². The number of carboxylic acids is 1. The van der Waals surface area contributed by atoms with Crippen molar-refractivity contribution < 1.29 is 29.0 Å². The molecule has 2 N–H and O–H groups in total. The van der Waals surface area contributed by atoms with Gasteiger partial charge in [-0.1, -0.05) is 6.07 Å². The van der Waals surface area contributed by atoms with E-state index >= 15 is 0 Å². The molecule has 146 valence electrons. The molecule has 0 unspecified atom stereocenters. The zero-order chi connectivity index (χ0) is 20.7. The minimum Gasteiger partial charge on any atom is -0.478 e. The zero-order valence-corrected chi connectivity index (χ0v) is 15.9. The number of nitrogens with zero attached hydrogens (tertiary/aromatic N) is 1. The van der Waals surface area contributed by atoms with Gasteiger partial charge in [-0.05, 0) is 66.7 Å². The monoisotopic (exact) mass is 410 g/mol. The molecule has 1 saturated heterocycles. The summed E-state index contributed by atoms with van der Waals surface area (Å²) in [4.78, 5) is 37.9. The lowest BCUT2D eigenvalue weighted by molar-refractivity contribution is -0.122. The molecular weight excluding hydrogens is 396 g/mol. The molecule has 0 saturated carbocycles. The molecule has 0 bridgehead atoms. The second kappa shape index (κ2) is 7.02. The first-order valence-electron chi connectivity index (χ1n) is 8.50. The van der Waals surface area contributed by atoms with E-state index in [9.17, 15) is 19.5 Å². The van der Waals surface area contributed by atoms with Crippen LogP contribution in [-0.4, -0.2) is 34.8 Å². The summed E-state index contributed by atoms with van der Waals surface area (Å²) in [5, 5.41) is 11.5. The maximum atomic E-state index is 13.1. The van der Waals surface area contributed by atoms with Crippen LogP contribution >= 0.6 is 12.2 Å². The van der Waals surface area contributed by atoms with Crippen molar-refractivity contribution in [3.05, 3.63) is 58.7 Å². The lowest BCUT2D eigenvalue weighted by Crippen LogP contribution is -2.54. The smallest absolute Gasteiger partial charge is 0.335 e. The maximum Gasteiger partial charge on any atom is 0.335 e. The Morgan fingerprint density at radius 2 is 1.93 bits per heavy atom. The number of hydrogen-bond donors (Lipinski definition) is 2. The number of nitrogens with one attached hydrogen (secondary N) is 1. The Morgan fingerprint density at radius 3 is 2.66 bits per heavy atom. The van der Waals surface area contributed by atoms with Crippen LogP contribution in [0.3, 0.4) is 0 Å². The Bertz CT molecular complexity index is 1120. The van der Waals surface area contributed by atoms with Crippen molar-refractivity contribution in [2.75, 3.05) is 11.7 Å². The average Bonchev–Trinajstić information content (AvgIpc) is 3.12. The molecule has 0 aromatic heterocycles. The van der Waals surface area contributed by atoms with Crippen LogP contribution in [0.25, 0.3) is 6.08 Å². The molecule has 2 aromatic rings.